The van der Waals surface area contributed by atoms with Crippen molar-refractivity contribution in [3.8, 4) is 0 Å². The third kappa shape index (κ3) is 3.33. The molecular weight excluding hydrogens is 310 g/mol. The van der Waals surface area contributed by atoms with Crippen LogP contribution in [0.4, 0.5) is 0 Å². The molecule has 18 heavy (non-hydrogen) atoms. The van der Waals surface area contributed by atoms with E-state index in [0.717, 1.165) is 11.1 Å². The second-order valence-electron chi connectivity index (χ2n) is 3.92. The second-order valence-corrected chi connectivity index (χ2v) is 5.96. The molecule has 0 radical (unpaired) electrons. The van der Waals surface area contributed by atoms with Crippen molar-refractivity contribution in [3.63, 3.8) is 0 Å². The van der Waals surface area contributed by atoms with Gasteiger partial charge in [0.15, 0.2) is 0 Å². The number of halogens is 4. The van der Waals surface area contributed by atoms with Crippen molar-refractivity contribution in [2.45, 2.75) is 10.8 Å². The molecule has 1 atom stereocenters. The highest BCUT2D eigenvalue weighted by atomic mass is 35.5. The van der Waals surface area contributed by atoms with Gasteiger partial charge in [-0.05, 0) is 35.4 Å². The first-order chi connectivity index (χ1) is 8.58. The number of benzene rings is 2. The molecule has 0 heterocycles. The Hall–Kier alpha value is -0.400. The molecule has 0 bridgehead atoms. The van der Waals surface area contributed by atoms with Crippen LogP contribution in [0, 0.1) is 0 Å². The molecule has 2 aromatic rings. The predicted molar refractivity (Wildman–Crippen MR) is 80.2 cm³/mol. The van der Waals surface area contributed by atoms with Crippen LogP contribution >= 0.6 is 46.4 Å². The van der Waals surface area contributed by atoms with Gasteiger partial charge in [-0.25, -0.2) is 0 Å². The molecule has 2 rings (SSSR count). The van der Waals surface area contributed by atoms with Crippen LogP contribution in [-0.2, 0) is 0 Å². The minimum absolute atomic E-state index is 0.121. The summed E-state index contributed by atoms with van der Waals surface area (Å²) in [5.41, 5.74) is 2.00. The Bertz CT molecular complexity index is 520. The average molecular weight is 320 g/mol. The van der Waals surface area contributed by atoms with Crippen molar-refractivity contribution in [2.75, 3.05) is 0 Å². The van der Waals surface area contributed by atoms with Gasteiger partial charge < -0.3 is 0 Å². The molecule has 0 aliphatic rings. The first kappa shape index (κ1) is 14.0. The van der Waals surface area contributed by atoms with Crippen LogP contribution in [0.2, 0.25) is 10.0 Å². The molecule has 0 spiro atoms. The zero-order valence-corrected chi connectivity index (χ0v) is 12.3. The Labute approximate surface area is 126 Å². The molecule has 0 aliphatic carbocycles. The molecule has 4 heteroatoms. The standard InChI is InChI=1S/C14H10Cl4/c15-11-6-4-9(5-7-11)13(14(17)18)10-2-1-3-12(16)8-10/h1-8,13-14H. The molecule has 1 unspecified atom stereocenters. The predicted octanol–water partition coefficient (Wildman–Crippen LogP) is 5.93. The van der Waals surface area contributed by atoms with E-state index < -0.39 is 4.84 Å². The zero-order chi connectivity index (χ0) is 13.1. The van der Waals surface area contributed by atoms with E-state index in [4.69, 9.17) is 46.4 Å². The van der Waals surface area contributed by atoms with Gasteiger partial charge in [-0.1, -0.05) is 47.5 Å². The highest BCUT2D eigenvalue weighted by Crippen LogP contribution is 2.34. The lowest BCUT2D eigenvalue weighted by molar-refractivity contribution is 0.887. The molecule has 0 N–H and O–H groups in total. The Balaban J connectivity index is 2.43. The Kier molecular flexibility index (Phi) is 4.80. The molecule has 0 amide bonds. The van der Waals surface area contributed by atoms with Gasteiger partial charge in [0.1, 0.15) is 4.84 Å². The van der Waals surface area contributed by atoms with Crippen LogP contribution in [0.15, 0.2) is 48.5 Å². The fourth-order valence-electron chi connectivity index (χ4n) is 1.85. The highest BCUT2D eigenvalue weighted by molar-refractivity contribution is 6.45. The fourth-order valence-corrected chi connectivity index (χ4v) is 2.76. The average Bonchev–Trinajstić information content (AvgIpc) is 2.32. The van der Waals surface area contributed by atoms with Crippen LogP contribution in [0.3, 0.4) is 0 Å². The maximum atomic E-state index is 6.09. The van der Waals surface area contributed by atoms with Crippen molar-refractivity contribution >= 4 is 46.4 Å². The summed E-state index contributed by atoms with van der Waals surface area (Å²) < 4.78 is 0. The Morgan fingerprint density at radius 1 is 0.722 bits per heavy atom. The first-order valence-corrected chi connectivity index (χ1v) is 7.00. The fraction of sp³-hybridized carbons (Fsp3) is 0.143. The number of hydrogen-bond donors (Lipinski definition) is 0. The monoisotopic (exact) mass is 318 g/mol. The third-order valence-electron chi connectivity index (χ3n) is 2.69. The number of rotatable bonds is 3. The minimum atomic E-state index is -0.551. The number of alkyl halides is 2. The summed E-state index contributed by atoms with van der Waals surface area (Å²) in [6.45, 7) is 0. The largest absolute Gasteiger partial charge is 0.118 e. The van der Waals surface area contributed by atoms with Gasteiger partial charge in [-0.2, -0.15) is 0 Å². The zero-order valence-electron chi connectivity index (χ0n) is 9.29. The summed E-state index contributed by atoms with van der Waals surface area (Å²) in [4.78, 5) is -0.551. The summed E-state index contributed by atoms with van der Waals surface area (Å²) in [5.74, 6) is -0.121. The van der Waals surface area contributed by atoms with E-state index in [-0.39, 0.29) is 5.92 Å². The van der Waals surface area contributed by atoms with E-state index in [1.54, 1.807) is 0 Å². The summed E-state index contributed by atoms with van der Waals surface area (Å²) >= 11 is 24.1. The van der Waals surface area contributed by atoms with Crippen LogP contribution in [0.25, 0.3) is 0 Å². The van der Waals surface area contributed by atoms with Crippen molar-refractivity contribution in [1.82, 2.24) is 0 Å². The van der Waals surface area contributed by atoms with Crippen LogP contribution < -0.4 is 0 Å². The summed E-state index contributed by atoms with van der Waals surface area (Å²) in [5, 5.41) is 1.35. The van der Waals surface area contributed by atoms with Crippen LogP contribution in [0.1, 0.15) is 17.0 Å². The Morgan fingerprint density at radius 2 is 1.39 bits per heavy atom. The molecule has 0 fully saturated rings. The molecular formula is C14H10Cl4. The summed E-state index contributed by atoms with van der Waals surface area (Å²) in [7, 11) is 0. The van der Waals surface area contributed by atoms with Crippen molar-refractivity contribution in [1.29, 1.82) is 0 Å². The van der Waals surface area contributed by atoms with E-state index in [0.29, 0.717) is 10.0 Å². The third-order valence-corrected chi connectivity index (χ3v) is 3.68. The maximum Gasteiger partial charge on any atom is 0.118 e. The van der Waals surface area contributed by atoms with E-state index in [1.165, 1.54) is 0 Å². The lowest BCUT2D eigenvalue weighted by Crippen LogP contribution is -2.09. The molecule has 0 saturated carbocycles. The highest BCUT2D eigenvalue weighted by Gasteiger charge is 2.21. The SMILES string of the molecule is Clc1ccc(C(c2cccc(Cl)c2)C(Cl)Cl)cc1. The van der Waals surface area contributed by atoms with Crippen molar-refractivity contribution in [2.24, 2.45) is 0 Å². The van der Waals surface area contributed by atoms with Crippen LogP contribution in [-0.4, -0.2) is 4.84 Å². The smallest absolute Gasteiger partial charge is 0.104 e. The number of hydrogen-bond acceptors (Lipinski definition) is 0. The van der Waals surface area contributed by atoms with E-state index >= 15 is 0 Å². The van der Waals surface area contributed by atoms with Crippen molar-refractivity contribution in [3.05, 3.63) is 69.7 Å². The molecule has 2 aromatic carbocycles. The van der Waals surface area contributed by atoms with Gasteiger partial charge >= 0.3 is 0 Å². The van der Waals surface area contributed by atoms with Crippen molar-refractivity contribution < 1.29 is 0 Å². The van der Waals surface area contributed by atoms with Gasteiger partial charge in [0.05, 0.1) is 0 Å². The maximum absolute atomic E-state index is 6.09. The van der Waals surface area contributed by atoms with Gasteiger partial charge in [-0.15, -0.1) is 23.2 Å². The van der Waals surface area contributed by atoms with Gasteiger partial charge in [0.2, 0.25) is 0 Å². The summed E-state index contributed by atoms with van der Waals surface area (Å²) in [6, 6.07) is 15.0. The molecule has 0 aromatic heterocycles. The minimum Gasteiger partial charge on any atom is -0.104 e. The quantitative estimate of drug-likeness (QED) is 0.615. The van der Waals surface area contributed by atoms with Crippen LogP contribution in [0.5, 0.6) is 0 Å². The topological polar surface area (TPSA) is 0 Å². The molecule has 0 aliphatic heterocycles. The second kappa shape index (κ2) is 6.16. The molecule has 0 saturated heterocycles. The van der Waals surface area contributed by atoms with E-state index in [1.807, 2.05) is 48.5 Å². The van der Waals surface area contributed by atoms with E-state index in [2.05, 4.69) is 0 Å². The molecule has 0 nitrogen and oxygen atoms in total. The summed E-state index contributed by atoms with van der Waals surface area (Å²) in [6.07, 6.45) is 0. The first-order valence-electron chi connectivity index (χ1n) is 5.37. The Morgan fingerprint density at radius 3 is 1.94 bits per heavy atom. The van der Waals surface area contributed by atoms with Gasteiger partial charge in [0, 0.05) is 16.0 Å². The normalized spacial score (nSPS) is 12.7. The van der Waals surface area contributed by atoms with Gasteiger partial charge in [-0.3, -0.25) is 0 Å². The molecule has 94 valence electrons. The van der Waals surface area contributed by atoms with E-state index in [9.17, 15) is 0 Å². The van der Waals surface area contributed by atoms with Gasteiger partial charge in [0.25, 0.3) is 0 Å². The lowest BCUT2D eigenvalue weighted by atomic mass is 9.93. The lowest BCUT2D eigenvalue weighted by Gasteiger charge is -2.19.